The maximum Gasteiger partial charge on any atom is 0.306 e. The maximum atomic E-state index is 13.1. The van der Waals surface area contributed by atoms with E-state index in [1.807, 2.05) is 19.2 Å². The molecule has 0 radical (unpaired) electrons. The van der Waals surface area contributed by atoms with Gasteiger partial charge < -0.3 is 19.5 Å². The molecule has 0 saturated carbocycles. The lowest BCUT2D eigenvalue weighted by molar-refractivity contribution is -0.153. The number of carbonyl (C=O) groups excluding carboxylic acids is 3. The molecular weight excluding hydrogens is 614 g/mol. The van der Waals surface area contributed by atoms with Crippen molar-refractivity contribution in [1.29, 1.82) is 0 Å². The second-order valence-electron chi connectivity index (χ2n) is 15.5. The molecule has 0 aromatic rings. The monoisotopic (exact) mass is 692 g/mol. The minimum atomic E-state index is -0.152. The molecule has 49 heavy (non-hydrogen) atoms. The molecule has 0 rings (SSSR count). The van der Waals surface area contributed by atoms with Crippen molar-refractivity contribution in [3.63, 3.8) is 0 Å². The predicted octanol–water partition coefficient (Wildman–Crippen LogP) is 11.0. The Bertz CT molecular complexity index is 846. The van der Waals surface area contributed by atoms with Gasteiger partial charge in [-0.1, -0.05) is 117 Å². The smallest absolute Gasteiger partial charge is 0.306 e. The Morgan fingerprint density at radius 3 is 1.51 bits per heavy atom. The number of hydrogen-bond acceptors (Lipinski definition) is 7. The molecule has 0 saturated heterocycles. The molecule has 0 aliphatic heterocycles. The number of unbranched alkanes of at least 4 members (excludes halogenated alkanes) is 12. The van der Waals surface area contributed by atoms with Crippen LogP contribution in [0.3, 0.4) is 0 Å². The Morgan fingerprint density at radius 2 is 1.06 bits per heavy atom. The maximum absolute atomic E-state index is 13.1. The van der Waals surface area contributed by atoms with Crippen molar-refractivity contribution < 1.29 is 28.6 Å². The summed E-state index contributed by atoms with van der Waals surface area (Å²) in [6.45, 7) is 14.8. The van der Waals surface area contributed by atoms with Crippen LogP contribution < -0.4 is 5.32 Å². The summed E-state index contributed by atoms with van der Waals surface area (Å²) < 4.78 is 16.8. The van der Waals surface area contributed by atoms with Crippen LogP contribution in [0, 0.1) is 10.8 Å². The third-order valence-electron chi connectivity index (χ3n) is 8.81. The van der Waals surface area contributed by atoms with E-state index in [4.69, 9.17) is 14.2 Å². The first kappa shape index (κ1) is 46.9. The molecule has 0 bridgehead atoms. The van der Waals surface area contributed by atoms with Crippen LogP contribution in [0.15, 0.2) is 24.3 Å². The van der Waals surface area contributed by atoms with E-state index in [-0.39, 0.29) is 34.8 Å². The zero-order valence-electron chi connectivity index (χ0n) is 33.0. The van der Waals surface area contributed by atoms with Gasteiger partial charge in [0.05, 0.1) is 6.42 Å². The van der Waals surface area contributed by atoms with Crippen molar-refractivity contribution in [2.45, 2.75) is 189 Å². The number of ether oxygens (including phenoxy) is 3. The Balaban J connectivity index is 4.59. The first-order chi connectivity index (χ1) is 23.4. The topological polar surface area (TPSA) is 90.9 Å². The van der Waals surface area contributed by atoms with Crippen LogP contribution in [0.4, 0.5) is 0 Å². The summed E-state index contributed by atoms with van der Waals surface area (Å²) in [6, 6.07) is 0. The summed E-state index contributed by atoms with van der Waals surface area (Å²) in [5, 5.41) is 3.27. The van der Waals surface area contributed by atoms with Gasteiger partial charge in [-0.15, -0.1) is 0 Å². The average Bonchev–Trinajstić information content (AvgIpc) is 3.02. The fourth-order valence-corrected chi connectivity index (χ4v) is 6.59. The minimum Gasteiger partial charge on any atom is -0.462 e. The van der Waals surface area contributed by atoms with E-state index >= 15 is 0 Å². The summed E-state index contributed by atoms with van der Waals surface area (Å²) >= 11 is 0. The SMILES string of the molecule is CCCCC/C=C\COC(=O)CCCCCCC(CCCCCCC(=O)OC/C=C\CCCCC)OC(=O)CC(C)(C)CC(C)(C)CNC. The van der Waals surface area contributed by atoms with E-state index in [0.717, 1.165) is 90.0 Å². The number of esters is 3. The zero-order chi connectivity index (χ0) is 36.6. The van der Waals surface area contributed by atoms with Crippen molar-refractivity contribution in [1.82, 2.24) is 5.32 Å². The van der Waals surface area contributed by atoms with Gasteiger partial charge in [-0.05, 0) is 95.1 Å². The van der Waals surface area contributed by atoms with Crippen LogP contribution in [0.2, 0.25) is 0 Å². The molecule has 7 nitrogen and oxygen atoms in total. The summed E-state index contributed by atoms with van der Waals surface area (Å²) in [5.41, 5.74) is -0.0619. The van der Waals surface area contributed by atoms with Crippen molar-refractivity contribution in [2.24, 2.45) is 10.8 Å². The summed E-state index contributed by atoms with van der Waals surface area (Å²) in [5.74, 6) is -0.374. The summed E-state index contributed by atoms with van der Waals surface area (Å²) in [6.07, 6.45) is 28.7. The first-order valence-corrected chi connectivity index (χ1v) is 19.9. The lowest BCUT2D eigenvalue weighted by Gasteiger charge is -2.34. The van der Waals surface area contributed by atoms with Crippen LogP contribution in [0.5, 0.6) is 0 Å². The van der Waals surface area contributed by atoms with Crippen molar-refractivity contribution in [2.75, 3.05) is 26.8 Å². The van der Waals surface area contributed by atoms with Crippen molar-refractivity contribution in [3.8, 4) is 0 Å². The number of allylic oxidation sites excluding steroid dienone is 2. The molecule has 0 amide bonds. The van der Waals surface area contributed by atoms with Crippen LogP contribution in [0.1, 0.15) is 183 Å². The van der Waals surface area contributed by atoms with Gasteiger partial charge in [-0.3, -0.25) is 14.4 Å². The lowest BCUT2D eigenvalue weighted by atomic mass is 9.73. The Hall–Kier alpha value is -2.15. The second kappa shape index (κ2) is 30.7. The van der Waals surface area contributed by atoms with Crippen LogP contribution >= 0.6 is 0 Å². The summed E-state index contributed by atoms with van der Waals surface area (Å²) in [7, 11) is 1.97. The first-order valence-electron chi connectivity index (χ1n) is 19.9. The average molecular weight is 692 g/mol. The van der Waals surface area contributed by atoms with Crippen LogP contribution in [0.25, 0.3) is 0 Å². The van der Waals surface area contributed by atoms with Gasteiger partial charge in [-0.2, -0.15) is 0 Å². The highest BCUT2D eigenvalue weighted by Crippen LogP contribution is 2.36. The molecule has 0 unspecified atom stereocenters. The van der Waals surface area contributed by atoms with Crippen LogP contribution in [-0.2, 0) is 28.6 Å². The third-order valence-corrected chi connectivity index (χ3v) is 8.81. The summed E-state index contributed by atoms with van der Waals surface area (Å²) in [4.78, 5) is 37.3. The standard InChI is InChI=1S/C42H77NO6/c1-8-10-12-14-20-26-32-47-38(44)30-24-18-16-22-28-37(49-40(46)34-41(3,4)35-42(5,6)36-43-7)29-23-17-19-25-31-39(45)48-33-27-21-15-13-11-9-2/h20-21,26-27,37,43H,8-19,22-25,28-36H2,1-7H3/b26-20-,27-21-. The van der Waals surface area contributed by atoms with Gasteiger partial charge >= 0.3 is 17.9 Å². The third kappa shape index (κ3) is 31.6. The van der Waals surface area contributed by atoms with E-state index in [1.165, 1.54) is 38.5 Å². The van der Waals surface area contributed by atoms with Gasteiger partial charge in [0.15, 0.2) is 0 Å². The highest BCUT2D eigenvalue weighted by Gasteiger charge is 2.31. The van der Waals surface area contributed by atoms with Gasteiger partial charge in [0.25, 0.3) is 0 Å². The molecule has 7 heteroatoms. The largest absolute Gasteiger partial charge is 0.462 e. The number of hydrogen-bond donors (Lipinski definition) is 1. The molecule has 0 aliphatic carbocycles. The molecule has 0 fully saturated rings. The van der Waals surface area contributed by atoms with Crippen molar-refractivity contribution in [3.05, 3.63) is 24.3 Å². The fraction of sp³-hybridized carbons (Fsp3) is 0.833. The molecule has 0 spiro atoms. The minimum absolute atomic E-state index is 0.0899. The number of rotatable bonds is 33. The zero-order valence-corrected chi connectivity index (χ0v) is 33.0. The molecule has 0 aliphatic rings. The van der Waals surface area contributed by atoms with E-state index in [0.29, 0.717) is 32.5 Å². The molecule has 286 valence electrons. The van der Waals surface area contributed by atoms with Crippen LogP contribution in [-0.4, -0.2) is 50.8 Å². The molecule has 1 N–H and O–H groups in total. The number of carbonyl (C=O) groups is 3. The normalized spacial score (nSPS) is 12.3. The quantitative estimate of drug-likeness (QED) is 0.0317. The lowest BCUT2D eigenvalue weighted by Crippen LogP contribution is -2.33. The van der Waals surface area contributed by atoms with E-state index in [2.05, 4.69) is 59.0 Å². The van der Waals surface area contributed by atoms with Gasteiger partial charge in [-0.25, -0.2) is 0 Å². The number of nitrogens with one attached hydrogen (secondary N) is 1. The van der Waals surface area contributed by atoms with Gasteiger partial charge in [0.1, 0.15) is 19.3 Å². The highest BCUT2D eigenvalue weighted by molar-refractivity contribution is 5.70. The molecule has 0 atom stereocenters. The second-order valence-corrected chi connectivity index (χ2v) is 15.5. The molecular formula is C42H77NO6. The Morgan fingerprint density at radius 1 is 0.592 bits per heavy atom. The van der Waals surface area contributed by atoms with Gasteiger partial charge in [0, 0.05) is 12.8 Å². The predicted molar refractivity (Wildman–Crippen MR) is 204 cm³/mol. The van der Waals surface area contributed by atoms with Gasteiger partial charge in [0.2, 0.25) is 0 Å². The Labute approximate surface area is 302 Å². The highest BCUT2D eigenvalue weighted by atomic mass is 16.5. The van der Waals surface area contributed by atoms with E-state index in [1.54, 1.807) is 0 Å². The van der Waals surface area contributed by atoms with Crippen molar-refractivity contribution >= 4 is 17.9 Å². The molecule has 0 aromatic heterocycles. The van der Waals surface area contributed by atoms with E-state index < -0.39 is 0 Å². The molecule has 0 heterocycles. The van der Waals surface area contributed by atoms with E-state index in [9.17, 15) is 14.4 Å². The fourth-order valence-electron chi connectivity index (χ4n) is 6.59. The molecule has 0 aromatic carbocycles. The Kier molecular flexibility index (Phi) is 29.3.